The smallest absolute Gasteiger partial charge is 0.221 e. The molecule has 0 aromatic heterocycles. The SMILES string of the molecule is CC(C)NC(=O)CCNCc1cc(F)ccc1Cl. The Morgan fingerprint density at radius 2 is 2.17 bits per heavy atom. The van der Waals surface area contributed by atoms with E-state index in [2.05, 4.69) is 10.6 Å². The van der Waals surface area contributed by atoms with Gasteiger partial charge in [0.25, 0.3) is 0 Å². The number of carbonyl (C=O) groups excluding carboxylic acids is 1. The van der Waals surface area contributed by atoms with E-state index in [-0.39, 0.29) is 17.8 Å². The zero-order valence-electron chi connectivity index (χ0n) is 10.6. The number of hydrogen-bond acceptors (Lipinski definition) is 2. The van der Waals surface area contributed by atoms with Crippen molar-refractivity contribution in [2.75, 3.05) is 6.54 Å². The Morgan fingerprint density at radius 3 is 2.83 bits per heavy atom. The second-order valence-electron chi connectivity index (χ2n) is 4.38. The molecule has 1 aromatic rings. The minimum absolute atomic E-state index is 0.00263. The molecule has 2 N–H and O–H groups in total. The number of hydrogen-bond donors (Lipinski definition) is 2. The van der Waals surface area contributed by atoms with Gasteiger partial charge in [-0.2, -0.15) is 0 Å². The van der Waals surface area contributed by atoms with E-state index in [9.17, 15) is 9.18 Å². The number of amides is 1. The third-order valence-electron chi connectivity index (χ3n) is 2.30. The molecular formula is C13H18ClFN2O. The first-order chi connectivity index (χ1) is 8.49. The van der Waals surface area contributed by atoms with Gasteiger partial charge in [0.1, 0.15) is 5.82 Å². The van der Waals surface area contributed by atoms with Gasteiger partial charge in [-0.3, -0.25) is 4.79 Å². The third kappa shape index (κ3) is 5.47. The average Bonchev–Trinajstić information content (AvgIpc) is 2.28. The van der Waals surface area contributed by atoms with Gasteiger partial charge in [0.15, 0.2) is 0 Å². The van der Waals surface area contributed by atoms with Gasteiger partial charge in [0.2, 0.25) is 5.91 Å². The molecule has 0 aliphatic carbocycles. The molecule has 0 atom stereocenters. The van der Waals surface area contributed by atoms with Gasteiger partial charge in [-0.1, -0.05) is 11.6 Å². The molecule has 5 heteroatoms. The van der Waals surface area contributed by atoms with Crippen molar-refractivity contribution in [1.82, 2.24) is 10.6 Å². The minimum Gasteiger partial charge on any atom is -0.354 e. The van der Waals surface area contributed by atoms with Gasteiger partial charge in [0, 0.05) is 30.6 Å². The van der Waals surface area contributed by atoms with Crippen LogP contribution in [0.15, 0.2) is 18.2 Å². The van der Waals surface area contributed by atoms with E-state index in [1.54, 1.807) is 0 Å². The zero-order valence-corrected chi connectivity index (χ0v) is 11.4. The monoisotopic (exact) mass is 272 g/mol. The summed E-state index contributed by atoms with van der Waals surface area (Å²) in [5, 5.41) is 6.38. The molecule has 0 spiro atoms. The third-order valence-corrected chi connectivity index (χ3v) is 2.67. The first-order valence-corrected chi connectivity index (χ1v) is 6.31. The zero-order chi connectivity index (χ0) is 13.5. The molecule has 0 saturated carbocycles. The number of rotatable bonds is 6. The topological polar surface area (TPSA) is 41.1 Å². The molecule has 1 aromatic carbocycles. The Balaban J connectivity index is 2.29. The molecule has 0 unspecified atom stereocenters. The maximum Gasteiger partial charge on any atom is 0.221 e. The van der Waals surface area contributed by atoms with Crippen LogP contribution in [0.2, 0.25) is 5.02 Å². The van der Waals surface area contributed by atoms with Crippen LogP contribution >= 0.6 is 11.6 Å². The lowest BCUT2D eigenvalue weighted by molar-refractivity contribution is -0.121. The van der Waals surface area contributed by atoms with Gasteiger partial charge >= 0.3 is 0 Å². The van der Waals surface area contributed by atoms with Crippen molar-refractivity contribution in [3.8, 4) is 0 Å². The van der Waals surface area contributed by atoms with E-state index in [0.29, 0.717) is 30.1 Å². The van der Waals surface area contributed by atoms with E-state index >= 15 is 0 Å². The summed E-state index contributed by atoms with van der Waals surface area (Å²) in [6.07, 6.45) is 0.394. The van der Waals surface area contributed by atoms with Crippen molar-refractivity contribution in [3.05, 3.63) is 34.6 Å². The summed E-state index contributed by atoms with van der Waals surface area (Å²) in [5.41, 5.74) is 0.695. The molecule has 0 aliphatic rings. The molecule has 0 heterocycles. The lowest BCUT2D eigenvalue weighted by atomic mass is 10.2. The minimum atomic E-state index is -0.311. The Bertz CT molecular complexity index is 410. The van der Waals surface area contributed by atoms with Crippen molar-refractivity contribution in [3.63, 3.8) is 0 Å². The van der Waals surface area contributed by atoms with E-state index in [0.717, 1.165) is 0 Å². The molecule has 0 fully saturated rings. The number of benzene rings is 1. The van der Waals surface area contributed by atoms with Gasteiger partial charge in [-0.05, 0) is 37.6 Å². The normalized spacial score (nSPS) is 10.7. The molecular weight excluding hydrogens is 255 g/mol. The summed E-state index contributed by atoms with van der Waals surface area (Å²) in [6, 6.07) is 4.39. The van der Waals surface area contributed by atoms with Crippen LogP contribution in [0.5, 0.6) is 0 Å². The fraction of sp³-hybridized carbons (Fsp3) is 0.462. The van der Waals surface area contributed by atoms with E-state index in [1.807, 2.05) is 13.8 Å². The van der Waals surface area contributed by atoms with Crippen molar-refractivity contribution >= 4 is 17.5 Å². The maximum atomic E-state index is 13.0. The molecule has 18 heavy (non-hydrogen) atoms. The summed E-state index contributed by atoms with van der Waals surface area (Å²) in [4.78, 5) is 11.3. The van der Waals surface area contributed by atoms with Crippen molar-refractivity contribution in [2.45, 2.75) is 32.9 Å². The first-order valence-electron chi connectivity index (χ1n) is 5.93. The summed E-state index contributed by atoms with van der Waals surface area (Å²) >= 11 is 5.92. The van der Waals surface area contributed by atoms with Crippen LogP contribution in [0.4, 0.5) is 4.39 Å². The van der Waals surface area contributed by atoms with Crippen molar-refractivity contribution in [1.29, 1.82) is 0 Å². The highest BCUT2D eigenvalue weighted by molar-refractivity contribution is 6.31. The molecule has 1 rings (SSSR count). The number of carbonyl (C=O) groups is 1. The number of nitrogens with one attached hydrogen (secondary N) is 2. The van der Waals surface area contributed by atoms with E-state index < -0.39 is 0 Å². The van der Waals surface area contributed by atoms with Crippen molar-refractivity contribution in [2.24, 2.45) is 0 Å². The lowest BCUT2D eigenvalue weighted by Gasteiger charge is -2.09. The molecule has 1 amide bonds. The summed E-state index contributed by atoms with van der Waals surface area (Å²) in [6.45, 7) is 4.81. The quantitative estimate of drug-likeness (QED) is 0.781. The average molecular weight is 273 g/mol. The predicted molar refractivity (Wildman–Crippen MR) is 71.0 cm³/mol. The van der Waals surface area contributed by atoms with E-state index in [4.69, 9.17) is 11.6 Å². The van der Waals surface area contributed by atoms with Gasteiger partial charge in [-0.15, -0.1) is 0 Å². The Hall–Kier alpha value is -1.13. The van der Waals surface area contributed by atoms with Gasteiger partial charge < -0.3 is 10.6 Å². The second kappa shape index (κ2) is 7.34. The lowest BCUT2D eigenvalue weighted by Crippen LogP contribution is -2.32. The summed E-state index contributed by atoms with van der Waals surface area (Å²) in [5.74, 6) is -0.309. The highest BCUT2D eigenvalue weighted by Crippen LogP contribution is 2.16. The fourth-order valence-electron chi connectivity index (χ4n) is 1.50. The molecule has 0 bridgehead atoms. The fourth-order valence-corrected chi connectivity index (χ4v) is 1.68. The Labute approximate surface area is 112 Å². The standard InChI is InChI=1S/C13H18ClFN2O/c1-9(2)17-13(18)5-6-16-8-10-7-11(15)3-4-12(10)14/h3-4,7,9,16H,5-6,8H2,1-2H3,(H,17,18). The van der Waals surface area contributed by atoms with Crippen LogP contribution in [0, 0.1) is 5.82 Å². The van der Waals surface area contributed by atoms with Crippen LogP contribution in [0.3, 0.4) is 0 Å². The second-order valence-corrected chi connectivity index (χ2v) is 4.79. The largest absolute Gasteiger partial charge is 0.354 e. The molecule has 100 valence electrons. The highest BCUT2D eigenvalue weighted by Gasteiger charge is 2.04. The molecule has 0 saturated heterocycles. The van der Waals surface area contributed by atoms with Crippen LogP contribution in [-0.4, -0.2) is 18.5 Å². The van der Waals surface area contributed by atoms with Gasteiger partial charge in [-0.25, -0.2) is 4.39 Å². The van der Waals surface area contributed by atoms with Crippen molar-refractivity contribution < 1.29 is 9.18 Å². The summed E-state index contributed by atoms with van der Waals surface area (Å²) < 4.78 is 13.0. The van der Waals surface area contributed by atoms with Crippen LogP contribution < -0.4 is 10.6 Å². The maximum absolute atomic E-state index is 13.0. The predicted octanol–water partition coefficient (Wildman–Crippen LogP) is 2.48. The van der Waals surface area contributed by atoms with Crippen LogP contribution in [0.1, 0.15) is 25.8 Å². The van der Waals surface area contributed by atoms with E-state index in [1.165, 1.54) is 18.2 Å². The Kier molecular flexibility index (Phi) is 6.09. The molecule has 3 nitrogen and oxygen atoms in total. The number of halogens is 2. The Morgan fingerprint density at radius 1 is 1.44 bits per heavy atom. The van der Waals surface area contributed by atoms with Crippen LogP contribution in [0.25, 0.3) is 0 Å². The molecule has 0 radical (unpaired) electrons. The first kappa shape index (κ1) is 14.9. The summed E-state index contributed by atoms with van der Waals surface area (Å²) in [7, 11) is 0. The molecule has 0 aliphatic heterocycles. The highest BCUT2D eigenvalue weighted by atomic mass is 35.5. The van der Waals surface area contributed by atoms with Gasteiger partial charge in [0.05, 0.1) is 0 Å². The van der Waals surface area contributed by atoms with Crippen LogP contribution in [-0.2, 0) is 11.3 Å².